The van der Waals surface area contributed by atoms with Crippen molar-refractivity contribution >= 4 is 12.0 Å². The normalized spacial score (nSPS) is 21.9. The summed E-state index contributed by atoms with van der Waals surface area (Å²) in [5.74, 6) is -0.907. The third-order valence-electron chi connectivity index (χ3n) is 3.47. The second-order valence-electron chi connectivity index (χ2n) is 6.31. The average molecular weight is 271 g/mol. The number of carbonyl (C=O) groups is 2. The molecule has 0 spiro atoms. The van der Waals surface area contributed by atoms with E-state index in [2.05, 4.69) is 5.32 Å². The van der Waals surface area contributed by atoms with Crippen molar-refractivity contribution in [1.29, 1.82) is 0 Å². The molecule has 2 atom stereocenters. The van der Waals surface area contributed by atoms with Gasteiger partial charge in [-0.2, -0.15) is 0 Å². The maximum absolute atomic E-state index is 12.1. The smallest absolute Gasteiger partial charge is 0.317 e. The minimum Gasteiger partial charge on any atom is -0.481 e. The van der Waals surface area contributed by atoms with Gasteiger partial charge in [0.05, 0.1) is 6.42 Å². The summed E-state index contributed by atoms with van der Waals surface area (Å²) in [5.41, 5.74) is 5.54. The summed E-state index contributed by atoms with van der Waals surface area (Å²) in [6.45, 7) is 6.98. The number of urea groups is 1. The van der Waals surface area contributed by atoms with Crippen molar-refractivity contribution in [2.24, 2.45) is 11.1 Å². The summed E-state index contributed by atoms with van der Waals surface area (Å²) < 4.78 is 0. The van der Waals surface area contributed by atoms with Crippen LogP contribution in [0.2, 0.25) is 0 Å². The number of aliphatic carboxylic acids is 1. The van der Waals surface area contributed by atoms with Gasteiger partial charge in [-0.15, -0.1) is 0 Å². The molecule has 110 valence electrons. The van der Waals surface area contributed by atoms with Crippen molar-refractivity contribution in [2.75, 3.05) is 13.1 Å². The van der Waals surface area contributed by atoms with Crippen LogP contribution in [0.5, 0.6) is 0 Å². The molecule has 0 bridgehead atoms. The van der Waals surface area contributed by atoms with E-state index in [0.717, 1.165) is 12.8 Å². The molecule has 4 N–H and O–H groups in total. The third kappa shape index (κ3) is 5.06. The minimum absolute atomic E-state index is 0.0204. The topological polar surface area (TPSA) is 95.7 Å². The Labute approximate surface area is 114 Å². The van der Waals surface area contributed by atoms with Crippen LogP contribution in [0.25, 0.3) is 0 Å². The van der Waals surface area contributed by atoms with Crippen LogP contribution in [-0.2, 0) is 4.79 Å². The Kier molecular flexibility index (Phi) is 5.17. The van der Waals surface area contributed by atoms with Crippen LogP contribution in [0.15, 0.2) is 0 Å². The Bertz CT molecular complexity index is 339. The number of rotatable bonds is 3. The fourth-order valence-electron chi connectivity index (χ4n) is 2.18. The molecule has 6 nitrogen and oxygen atoms in total. The standard InChI is InChI=1S/C13H25N3O3/c1-13(2,3)10(7-11(17)18)15-12(19)16-6-4-5-9(14)8-16/h9-10H,4-8,14H2,1-3H3,(H,15,19)(H,17,18). The van der Waals surface area contributed by atoms with Gasteiger partial charge in [0.2, 0.25) is 0 Å². The largest absolute Gasteiger partial charge is 0.481 e. The van der Waals surface area contributed by atoms with E-state index >= 15 is 0 Å². The predicted octanol–water partition coefficient (Wildman–Crippen LogP) is 1.01. The molecule has 1 fully saturated rings. The van der Waals surface area contributed by atoms with Gasteiger partial charge < -0.3 is 21.1 Å². The van der Waals surface area contributed by atoms with Gasteiger partial charge >= 0.3 is 12.0 Å². The van der Waals surface area contributed by atoms with Crippen molar-refractivity contribution in [3.05, 3.63) is 0 Å². The van der Waals surface area contributed by atoms with Gasteiger partial charge in [0.1, 0.15) is 0 Å². The summed E-state index contributed by atoms with van der Waals surface area (Å²) in [5, 5.41) is 11.8. The highest BCUT2D eigenvalue weighted by Crippen LogP contribution is 2.22. The molecule has 2 unspecified atom stereocenters. The molecule has 6 heteroatoms. The Balaban J connectivity index is 2.62. The van der Waals surface area contributed by atoms with Gasteiger partial charge in [0.15, 0.2) is 0 Å². The summed E-state index contributed by atoms with van der Waals surface area (Å²) in [4.78, 5) is 24.7. The SMILES string of the molecule is CC(C)(C)C(CC(=O)O)NC(=O)N1CCCC(N)C1. The second-order valence-corrected chi connectivity index (χ2v) is 6.31. The van der Waals surface area contributed by atoms with Gasteiger partial charge in [-0.25, -0.2) is 4.79 Å². The Hall–Kier alpha value is -1.30. The Morgan fingerprint density at radius 1 is 1.47 bits per heavy atom. The van der Waals surface area contributed by atoms with Gasteiger partial charge in [-0.1, -0.05) is 20.8 Å². The minimum atomic E-state index is -0.907. The lowest BCUT2D eigenvalue weighted by Gasteiger charge is -2.35. The van der Waals surface area contributed by atoms with Gasteiger partial charge in [-0.3, -0.25) is 4.79 Å². The molecule has 0 aliphatic carbocycles. The lowest BCUT2D eigenvalue weighted by molar-refractivity contribution is -0.138. The average Bonchev–Trinajstić information content (AvgIpc) is 2.26. The van der Waals surface area contributed by atoms with E-state index in [1.165, 1.54) is 0 Å². The highest BCUT2D eigenvalue weighted by Gasteiger charge is 2.30. The molecule has 1 saturated heterocycles. The molecule has 0 aromatic carbocycles. The lowest BCUT2D eigenvalue weighted by Crippen LogP contribution is -2.54. The van der Waals surface area contributed by atoms with Crippen molar-refractivity contribution < 1.29 is 14.7 Å². The zero-order valence-electron chi connectivity index (χ0n) is 12.0. The summed E-state index contributed by atoms with van der Waals surface area (Å²) in [6, 6.07) is -0.584. The molecule has 19 heavy (non-hydrogen) atoms. The fourth-order valence-corrected chi connectivity index (χ4v) is 2.18. The first-order valence-corrected chi connectivity index (χ1v) is 6.73. The highest BCUT2D eigenvalue weighted by atomic mass is 16.4. The Morgan fingerprint density at radius 2 is 2.11 bits per heavy atom. The van der Waals surface area contributed by atoms with Gasteiger partial charge in [0.25, 0.3) is 0 Å². The molecule has 0 radical (unpaired) electrons. The lowest BCUT2D eigenvalue weighted by atomic mass is 9.85. The van der Waals surface area contributed by atoms with Crippen molar-refractivity contribution in [3.8, 4) is 0 Å². The molecule has 1 rings (SSSR count). The maximum atomic E-state index is 12.1. The third-order valence-corrected chi connectivity index (χ3v) is 3.47. The van der Waals surface area contributed by atoms with Crippen LogP contribution >= 0.6 is 0 Å². The molecular formula is C13H25N3O3. The van der Waals surface area contributed by atoms with Crippen LogP contribution < -0.4 is 11.1 Å². The van der Waals surface area contributed by atoms with Crippen molar-refractivity contribution in [2.45, 2.75) is 52.1 Å². The monoisotopic (exact) mass is 271 g/mol. The van der Waals surface area contributed by atoms with Crippen LogP contribution in [0.3, 0.4) is 0 Å². The number of carboxylic acids is 1. The van der Waals surface area contributed by atoms with E-state index in [1.807, 2.05) is 20.8 Å². The molecule has 2 amide bonds. The molecule has 1 aliphatic rings. The molecular weight excluding hydrogens is 246 g/mol. The summed E-state index contributed by atoms with van der Waals surface area (Å²) in [6.07, 6.45) is 1.75. The van der Waals surface area contributed by atoms with Crippen LogP contribution in [0.4, 0.5) is 4.79 Å². The molecule has 0 aromatic rings. The number of amides is 2. The first-order valence-electron chi connectivity index (χ1n) is 6.73. The molecule has 0 aromatic heterocycles. The number of piperidine rings is 1. The van der Waals surface area contributed by atoms with Gasteiger partial charge in [0, 0.05) is 25.2 Å². The first kappa shape index (κ1) is 15.8. The summed E-state index contributed by atoms with van der Waals surface area (Å²) in [7, 11) is 0. The quantitative estimate of drug-likeness (QED) is 0.713. The number of carbonyl (C=O) groups excluding carboxylic acids is 1. The number of likely N-dealkylation sites (tertiary alicyclic amines) is 1. The number of carboxylic acid groups (broad SMARTS) is 1. The van der Waals surface area contributed by atoms with E-state index in [1.54, 1.807) is 4.90 Å². The highest BCUT2D eigenvalue weighted by molar-refractivity contribution is 5.76. The number of nitrogens with one attached hydrogen (secondary N) is 1. The second kappa shape index (κ2) is 6.23. The van der Waals surface area contributed by atoms with Crippen LogP contribution in [0.1, 0.15) is 40.0 Å². The van der Waals surface area contributed by atoms with E-state index < -0.39 is 12.0 Å². The number of nitrogens with two attached hydrogens (primary N) is 1. The predicted molar refractivity (Wildman–Crippen MR) is 72.8 cm³/mol. The van der Waals surface area contributed by atoms with E-state index in [0.29, 0.717) is 13.1 Å². The summed E-state index contributed by atoms with van der Waals surface area (Å²) >= 11 is 0. The van der Waals surface area contributed by atoms with E-state index in [-0.39, 0.29) is 23.9 Å². The van der Waals surface area contributed by atoms with Crippen molar-refractivity contribution in [1.82, 2.24) is 10.2 Å². The molecule has 1 heterocycles. The Morgan fingerprint density at radius 3 is 2.58 bits per heavy atom. The fraction of sp³-hybridized carbons (Fsp3) is 0.846. The van der Waals surface area contributed by atoms with Crippen molar-refractivity contribution in [3.63, 3.8) is 0 Å². The number of hydrogen-bond acceptors (Lipinski definition) is 3. The zero-order valence-corrected chi connectivity index (χ0v) is 12.0. The van der Waals surface area contributed by atoms with Crippen LogP contribution in [0, 0.1) is 5.41 Å². The maximum Gasteiger partial charge on any atom is 0.317 e. The molecule has 1 aliphatic heterocycles. The molecule has 0 saturated carbocycles. The van der Waals surface area contributed by atoms with E-state index in [4.69, 9.17) is 10.8 Å². The number of hydrogen-bond donors (Lipinski definition) is 3. The van der Waals surface area contributed by atoms with Gasteiger partial charge in [-0.05, 0) is 18.3 Å². The zero-order chi connectivity index (χ0) is 14.6. The number of nitrogens with zero attached hydrogens (tertiary/aromatic N) is 1. The van der Waals surface area contributed by atoms with E-state index in [9.17, 15) is 9.59 Å². The van der Waals surface area contributed by atoms with Crippen LogP contribution in [-0.4, -0.2) is 47.2 Å². The first-order chi connectivity index (χ1) is 8.70.